The van der Waals surface area contributed by atoms with Gasteiger partial charge >= 0.3 is 18.0 Å². The van der Waals surface area contributed by atoms with Crippen LogP contribution in [-0.4, -0.2) is 56.0 Å². The first kappa shape index (κ1) is 17.2. The SMILES string of the molecule is COCC(C)NC(=O)N[C@H](CCC(=O)OC)C(=O)O. The Morgan fingerprint density at radius 1 is 1.21 bits per heavy atom. The second-order valence-corrected chi connectivity index (χ2v) is 3.98. The molecule has 0 aromatic heterocycles. The van der Waals surface area contributed by atoms with Crippen LogP contribution in [0.5, 0.6) is 0 Å². The van der Waals surface area contributed by atoms with E-state index in [0.717, 1.165) is 0 Å². The Morgan fingerprint density at radius 3 is 2.32 bits per heavy atom. The van der Waals surface area contributed by atoms with E-state index in [4.69, 9.17) is 9.84 Å². The van der Waals surface area contributed by atoms with E-state index in [1.807, 2.05) is 0 Å². The lowest BCUT2D eigenvalue weighted by atomic mass is 10.1. The highest BCUT2D eigenvalue weighted by atomic mass is 16.5. The van der Waals surface area contributed by atoms with Gasteiger partial charge in [0, 0.05) is 13.5 Å². The highest BCUT2D eigenvalue weighted by molar-refractivity contribution is 5.83. The Morgan fingerprint density at radius 2 is 1.84 bits per heavy atom. The number of esters is 1. The van der Waals surface area contributed by atoms with Crippen LogP contribution in [0, 0.1) is 0 Å². The molecule has 8 nitrogen and oxygen atoms in total. The zero-order chi connectivity index (χ0) is 14.8. The summed E-state index contributed by atoms with van der Waals surface area (Å²) in [5, 5.41) is 13.7. The molecule has 0 spiro atoms. The molecule has 0 aromatic rings. The van der Waals surface area contributed by atoms with Crippen molar-refractivity contribution in [2.45, 2.75) is 31.8 Å². The maximum Gasteiger partial charge on any atom is 0.326 e. The Balaban J connectivity index is 4.22. The van der Waals surface area contributed by atoms with Crippen molar-refractivity contribution in [2.24, 2.45) is 0 Å². The first-order chi connectivity index (χ1) is 8.90. The van der Waals surface area contributed by atoms with E-state index >= 15 is 0 Å². The van der Waals surface area contributed by atoms with Crippen molar-refractivity contribution in [3.05, 3.63) is 0 Å². The zero-order valence-corrected chi connectivity index (χ0v) is 11.3. The number of methoxy groups -OCH3 is 2. The fraction of sp³-hybridized carbons (Fsp3) is 0.727. The Labute approximate surface area is 111 Å². The maximum atomic E-state index is 11.5. The smallest absolute Gasteiger partial charge is 0.326 e. The summed E-state index contributed by atoms with van der Waals surface area (Å²) >= 11 is 0. The van der Waals surface area contributed by atoms with Gasteiger partial charge in [-0.05, 0) is 13.3 Å². The van der Waals surface area contributed by atoms with Gasteiger partial charge in [-0.2, -0.15) is 0 Å². The van der Waals surface area contributed by atoms with Gasteiger partial charge < -0.3 is 25.2 Å². The molecule has 0 rings (SSSR count). The van der Waals surface area contributed by atoms with Crippen molar-refractivity contribution >= 4 is 18.0 Å². The molecular weight excluding hydrogens is 256 g/mol. The third kappa shape index (κ3) is 7.98. The number of carboxylic acid groups (broad SMARTS) is 1. The summed E-state index contributed by atoms with van der Waals surface area (Å²) in [5.74, 6) is -1.74. The highest BCUT2D eigenvalue weighted by Gasteiger charge is 2.21. The van der Waals surface area contributed by atoms with Crippen LogP contribution in [0.4, 0.5) is 4.79 Å². The molecule has 8 heteroatoms. The first-order valence-electron chi connectivity index (χ1n) is 5.76. The molecule has 0 radical (unpaired) electrons. The largest absolute Gasteiger partial charge is 0.480 e. The quantitative estimate of drug-likeness (QED) is 0.526. The van der Waals surface area contributed by atoms with Crippen molar-refractivity contribution in [3.8, 4) is 0 Å². The molecule has 19 heavy (non-hydrogen) atoms. The van der Waals surface area contributed by atoms with E-state index in [1.165, 1.54) is 14.2 Å². The average molecular weight is 276 g/mol. The van der Waals surface area contributed by atoms with Crippen LogP contribution < -0.4 is 10.6 Å². The van der Waals surface area contributed by atoms with Crippen LogP contribution in [0.15, 0.2) is 0 Å². The summed E-state index contributed by atoms with van der Waals surface area (Å²) in [6, 6.07) is -2.02. The van der Waals surface area contributed by atoms with Gasteiger partial charge in [0.1, 0.15) is 6.04 Å². The van der Waals surface area contributed by atoms with E-state index < -0.39 is 24.0 Å². The topological polar surface area (TPSA) is 114 Å². The second-order valence-electron chi connectivity index (χ2n) is 3.98. The average Bonchev–Trinajstić information content (AvgIpc) is 2.33. The molecule has 2 amide bonds. The Bertz CT molecular complexity index is 320. The molecule has 3 N–H and O–H groups in total. The predicted molar refractivity (Wildman–Crippen MR) is 65.7 cm³/mol. The van der Waals surface area contributed by atoms with Gasteiger partial charge in [0.15, 0.2) is 0 Å². The molecule has 0 fully saturated rings. The van der Waals surface area contributed by atoms with Crippen molar-refractivity contribution in [1.29, 1.82) is 0 Å². The summed E-state index contributed by atoms with van der Waals surface area (Å²) in [7, 11) is 2.71. The summed E-state index contributed by atoms with van der Waals surface area (Å²) in [4.78, 5) is 33.4. The molecule has 0 heterocycles. The number of ether oxygens (including phenoxy) is 2. The molecule has 0 saturated heterocycles. The summed E-state index contributed by atoms with van der Waals surface area (Å²) in [6.07, 6.45) is -0.116. The Hall–Kier alpha value is -1.83. The Kier molecular flexibility index (Phi) is 8.27. The molecule has 110 valence electrons. The number of carbonyl (C=O) groups is 3. The minimum Gasteiger partial charge on any atom is -0.480 e. The van der Waals surface area contributed by atoms with Crippen molar-refractivity contribution in [1.82, 2.24) is 10.6 Å². The van der Waals surface area contributed by atoms with Gasteiger partial charge in [0.05, 0.1) is 19.8 Å². The van der Waals surface area contributed by atoms with Crippen molar-refractivity contribution in [2.75, 3.05) is 20.8 Å². The number of nitrogens with one attached hydrogen (secondary N) is 2. The van der Waals surface area contributed by atoms with Gasteiger partial charge in [0.2, 0.25) is 0 Å². The van der Waals surface area contributed by atoms with E-state index in [9.17, 15) is 14.4 Å². The number of hydrogen-bond donors (Lipinski definition) is 3. The lowest BCUT2D eigenvalue weighted by Crippen LogP contribution is -2.49. The molecule has 0 bridgehead atoms. The molecule has 0 aliphatic carbocycles. The zero-order valence-electron chi connectivity index (χ0n) is 11.3. The monoisotopic (exact) mass is 276 g/mol. The van der Waals surface area contributed by atoms with Crippen molar-refractivity contribution < 1.29 is 29.0 Å². The number of carboxylic acids is 1. The van der Waals surface area contributed by atoms with Gasteiger partial charge in [-0.1, -0.05) is 0 Å². The fourth-order valence-electron chi connectivity index (χ4n) is 1.34. The number of rotatable bonds is 8. The standard InChI is InChI=1S/C11H20N2O6/c1-7(6-18-2)12-11(17)13-8(10(15)16)4-5-9(14)19-3/h7-8H,4-6H2,1-3H3,(H,15,16)(H2,12,13,17)/t7?,8-/m1/s1. The molecule has 2 atom stereocenters. The molecule has 0 aromatic carbocycles. The van der Waals surface area contributed by atoms with Gasteiger partial charge in [-0.15, -0.1) is 0 Å². The number of carbonyl (C=O) groups excluding carboxylic acids is 2. The molecule has 0 aliphatic rings. The van der Waals surface area contributed by atoms with E-state index in [0.29, 0.717) is 6.61 Å². The van der Waals surface area contributed by atoms with Crippen LogP contribution in [0.1, 0.15) is 19.8 Å². The normalized spacial score (nSPS) is 13.2. The van der Waals surface area contributed by atoms with Gasteiger partial charge in [-0.3, -0.25) is 4.79 Å². The number of aliphatic carboxylic acids is 1. The predicted octanol–water partition coefficient (Wildman–Crippen LogP) is -0.273. The molecule has 0 saturated carbocycles. The summed E-state index contributed by atoms with van der Waals surface area (Å²) < 4.78 is 9.24. The van der Waals surface area contributed by atoms with Crippen LogP contribution in [0.2, 0.25) is 0 Å². The molecule has 0 aliphatic heterocycles. The second kappa shape index (κ2) is 9.15. The minimum atomic E-state index is -1.21. The lowest BCUT2D eigenvalue weighted by molar-refractivity contribution is -0.142. The molecular formula is C11H20N2O6. The van der Waals surface area contributed by atoms with E-state index in [2.05, 4.69) is 15.4 Å². The number of amides is 2. The third-order valence-corrected chi connectivity index (χ3v) is 2.26. The number of hydrogen-bond acceptors (Lipinski definition) is 5. The van der Waals surface area contributed by atoms with Crippen molar-refractivity contribution in [3.63, 3.8) is 0 Å². The third-order valence-electron chi connectivity index (χ3n) is 2.26. The van der Waals surface area contributed by atoms with Crippen LogP contribution in [-0.2, 0) is 19.1 Å². The van der Waals surface area contributed by atoms with Gasteiger partial charge in [-0.25, -0.2) is 9.59 Å². The van der Waals surface area contributed by atoms with Gasteiger partial charge in [0.25, 0.3) is 0 Å². The lowest BCUT2D eigenvalue weighted by Gasteiger charge is -2.17. The van der Waals surface area contributed by atoms with E-state index in [1.54, 1.807) is 6.92 Å². The van der Waals surface area contributed by atoms with Crippen LogP contribution in [0.3, 0.4) is 0 Å². The highest BCUT2D eigenvalue weighted by Crippen LogP contribution is 1.99. The molecule has 1 unspecified atom stereocenters. The maximum absolute atomic E-state index is 11.5. The minimum absolute atomic E-state index is 0.0336. The van der Waals surface area contributed by atoms with E-state index in [-0.39, 0.29) is 18.9 Å². The van der Waals surface area contributed by atoms with Crippen LogP contribution in [0.25, 0.3) is 0 Å². The number of urea groups is 1. The first-order valence-corrected chi connectivity index (χ1v) is 5.76. The fourth-order valence-corrected chi connectivity index (χ4v) is 1.34. The summed E-state index contributed by atoms with van der Waals surface area (Å²) in [6.45, 7) is 2.03. The van der Waals surface area contributed by atoms with Crippen LogP contribution >= 0.6 is 0 Å². The summed E-state index contributed by atoms with van der Waals surface area (Å²) in [5.41, 5.74) is 0.